The maximum Gasteiger partial charge on any atom is 0.131 e. The van der Waals surface area contributed by atoms with Crippen LogP contribution in [0.3, 0.4) is 0 Å². The predicted octanol–water partition coefficient (Wildman–Crippen LogP) is 9.02. The van der Waals surface area contributed by atoms with Crippen molar-refractivity contribution < 1.29 is 0 Å². The van der Waals surface area contributed by atoms with E-state index in [4.69, 9.17) is 4.99 Å². The molecule has 2 atom stereocenters. The highest BCUT2D eigenvalue weighted by Gasteiger charge is 2.25. The average molecular weight is 542 g/mol. The van der Waals surface area contributed by atoms with Gasteiger partial charge >= 0.3 is 0 Å². The molecule has 42 heavy (non-hydrogen) atoms. The molecule has 0 aromatic heterocycles. The first kappa shape index (κ1) is 25.7. The molecule has 3 nitrogen and oxygen atoms in total. The SMILES string of the molecule is c1ccc(-c2ccc(-c3ccc(C4=NC(c5cccc(-c6ccccc6)c5)NC(c5ccccc5)N4)cc3)cc2)cc1. The van der Waals surface area contributed by atoms with Gasteiger partial charge in [-0.25, -0.2) is 4.99 Å². The second-order valence-corrected chi connectivity index (χ2v) is 10.5. The minimum Gasteiger partial charge on any atom is -0.350 e. The van der Waals surface area contributed by atoms with Gasteiger partial charge in [0.15, 0.2) is 0 Å². The Hall–Kier alpha value is -5.25. The van der Waals surface area contributed by atoms with Gasteiger partial charge in [0.2, 0.25) is 0 Å². The number of benzene rings is 6. The van der Waals surface area contributed by atoms with Crippen LogP contribution in [0.1, 0.15) is 29.0 Å². The van der Waals surface area contributed by atoms with E-state index in [1.54, 1.807) is 0 Å². The van der Waals surface area contributed by atoms with Gasteiger partial charge in [-0.3, -0.25) is 5.32 Å². The summed E-state index contributed by atoms with van der Waals surface area (Å²) in [6, 6.07) is 57.6. The minimum atomic E-state index is -0.194. The Kier molecular flexibility index (Phi) is 7.16. The summed E-state index contributed by atoms with van der Waals surface area (Å²) in [7, 11) is 0. The van der Waals surface area contributed by atoms with Crippen molar-refractivity contribution in [3.8, 4) is 33.4 Å². The van der Waals surface area contributed by atoms with E-state index >= 15 is 0 Å². The van der Waals surface area contributed by atoms with Crippen molar-refractivity contribution in [1.82, 2.24) is 10.6 Å². The molecule has 1 aliphatic rings. The number of nitrogens with zero attached hydrogens (tertiary/aromatic N) is 1. The first-order valence-electron chi connectivity index (χ1n) is 14.4. The topological polar surface area (TPSA) is 36.4 Å². The number of rotatable bonds is 6. The summed E-state index contributed by atoms with van der Waals surface area (Å²) in [5, 5.41) is 7.38. The maximum absolute atomic E-state index is 5.17. The lowest BCUT2D eigenvalue weighted by Gasteiger charge is -2.32. The van der Waals surface area contributed by atoms with E-state index in [1.807, 2.05) is 18.2 Å². The molecule has 0 amide bonds. The molecular weight excluding hydrogens is 510 g/mol. The summed E-state index contributed by atoms with van der Waals surface area (Å²) < 4.78 is 0. The lowest BCUT2D eigenvalue weighted by Crippen LogP contribution is -2.44. The van der Waals surface area contributed by atoms with E-state index in [2.05, 4.69) is 156 Å². The fourth-order valence-electron chi connectivity index (χ4n) is 5.52. The van der Waals surface area contributed by atoms with Crippen LogP contribution < -0.4 is 10.6 Å². The minimum absolute atomic E-state index is 0.0747. The maximum atomic E-state index is 5.17. The van der Waals surface area contributed by atoms with Crippen molar-refractivity contribution in [2.75, 3.05) is 0 Å². The smallest absolute Gasteiger partial charge is 0.131 e. The Morgan fingerprint density at radius 1 is 0.381 bits per heavy atom. The highest BCUT2D eigenvalue weighted by molar-refractivity contribution is 6.00. The molecule has 6 aromatic rings. The molecule has 2 N–H and O–H groups in total. The van der Waals surface area contributed by atoms with Crippen LogP contribution in [-0.2, 0) is 0 Å². The second-order valence-electron chi connectivity index (χ2n) is 10.5. The van der Waals surface area contributed by atoms with E-state index in [0.717, 1.165) is 17.0 Å². The Bertz CT molecular complexity index is 1790. The number of amidine groups is 1. The van der Waals surface area contributed by atoms with Gasteiger partial charge in [0.05, 0.1) is 0 Å². The van der Waals surface area contributed by atoms with E-state index in [0.29, 0.717) is 0 Å². The number of aliphatic imine (C=N–C) groups is 1. The summed E-state index contributed by atoms with van der Waals surface area (Å²) in [6.07, 6.45) is -0.269. The van der Waals surface area contributed by atoms with Crippen LogP contribution in [0.15, 0.2) is 169 Å². The molecule has 1 heterocycles. The first-order valence-corrected chi connectivity index (χ1v) is 14.4. The Morgan fingerprint density at radius 3 is 1.38 bits per heavy atom. The third-order valence-corrected chi connectivity index (χ3v) is 7.79. The van der Waals surface area contributed by atoms with Gasteiger partial charge in [-0.1, -0.05) is 158 Å². The number of hydrogen-bond donors (Lipinski definition) is 2. The molecule has 0 saturated carbocycles. The predicted molar refractivity (Wildman–Crippen MR) is 174 cm³/mol. The molecule has 6 aromatic carbocycles. The van der Waals surface area contributed by atoms with Crippen LogP contribution in [0.2, 0.25) is 0 Å². The van der Waals surface area contributed by atoms with Gasteiger partial charge in [0, 0.05) is 5.56 Å². The fraction of sp³-hybridized carbons (Fsp3) is 0.0513. The van der Waals surface area contributed by atoms with Crippen molar-refractivity contribution in [3.05, 3.63) is 180 Å². The van der Waals surface area contributed by atoms with Gasteiger partial charge in [0.25, 0.3) is 0 Å². The van der Waals surface area contributed by atoms with Gasteiger partial charge in [-0.2, -0.15) is 0 Å². The average Bonchev–Trinajstić information content (AvgIpc) is 3.09. The lowest BCUT2D eigenvalue weighted by atomic mass is 9.99. The molecule has 0 spiro atoms. The Morgan fingerprint density at radius 2 is 0.810 bits per heavy atom. The van der Waals surface area contributed by atoms with E-state index in [-0.39, 0.29) is 12.3 Å². The van der Waals surface area contributed by atoms with E-state index in [1.165, 1.54) is 38.9 Å². The summed E-state index contributed by atoms with van der Waals surface area (Å²) >= 11 is 0. The molecule has 0 fully saturated rings. The fourth-order valence-corrected chi connectivity index (χ4v) is 5.52. The monoisotopic (exact) mass is 541 g/mol. The molecule has 0 saturated heterocycles. The van der Waals surface area contributed by atoms with Crippen LogP contribution in [0, 0.1) is 0 Å². The van der Waals surface area contributed by atoms with Gasteiger partial charge in [-0.05, 0) is 50.6 Å². The quantitative estimate of drug-likeness (QED) is 0.221. The molecule has 2 unspecified atom stereocenters. The van der Waals surface area contributed by atoms with Crippen molar-refractivity contribution in [2.24, 2.45) is 4.99 Å². The van der Waals surface area contributed by atoms with E-state index in [9.17, 15) is 0 Å². The third-order valence-electron chi connectivity index (χ3n) is 7.79. The Balaban J connectivity index is 1.19. The molecule has 0 bridgehead atoms. The van der Waals surface area contributed by atoms with Crippen LogP contribution in [0.5, 0.6) is 0 Å². The van der Waals surface area contributed by atoms with Crippen LogP contribution in [0.25, 0.3) is 33.4 Å². The van der Waals surface area contributed by atoms with Gasteiger partial charge in [-0.15, -0.1) is 0 Å². The second kappa shape index (κ2) is 11.7. The van der Waals surface area contributed by atoms with Crippen molar-refractivity contribution in [3.63, 3.8) is 0 Å². The number of hydrogen-bond acceptors (Lipinski definition) is 3. The Labute approximate surface area is 247 Å². The summed E-state index contributed by atoms with van der Waals surface area (Å²) in [5.41, 5.74) is 10.6. The van der Waals surface area contributed by atoms with Crippen molar-refractivity contribution in [2.45, 2.75) is 12.3 Å². The largest absolute Gasteiger partial charge is 0.350 e. The summed E-state index contributed by atoms with van der Waals surface area (Å²) in [5.74, 6) is 0.878. The highest BCUT2D eigenvalue weighted by Crippen LogP contribution is 2.30. The highest BCUT2D eigenvalue weighted by atomic mass is 15.3. The van der Waals surface area contributed by atoms with Gasteiger partial charge in [0.1, 0.15) is 18.2 Å². The first-order chi connectivity index (χ1) is 20.8. The zero-order valence-electron chi connectivity index (χ0n) is 23.2. The molecular formula is C39H31N3. The normalized spacial score (nSPS) is 16.3. The van der Waals surface area contributed by atoms with Crippen LogP contribution in [0.4, 0.5) is 0 Å². The zero-order chi connectivity index (χ0) is 28.1. The zero-order valence-corrected chi connectivity index (χ0v) is 23.2. The third kappa shape index (κ3) is 5.51. The summed E-state index contributed by atoms with van der Waals surface area (Å²) in [4.78, 5) is 5.17. The molecule has 7 rings (SSSR count). The van der Waals surface area contributed by atoms with Crippen LogP contribution >= 0.6 is 0 Å². The van der Waals surface area contributed by atoms with Crippen LogP contribution in [-0.4, -0.2) is 5.84 Å². The number of nitrogens with one attached hydrogen (secondary N) is 2. The standard InChI is InChI=1S/C39H31N3/c1-4-11-28(12-5-1)30-19-21-31(22-20-30)32-23-25-34(26-24-32)38-40-37(33-15-8-3-9-16-33)41-39(42-38)36-18-10-17-35(27-36)29-13-6-2-7-14-29/h1-27,37,39,41H,(H,40,42). The van der Waals surface area contributed by atoms with Crippen molar-refractivity contribution in [1.29, 1.82) is 0 Å². The molecule has 3 heteroatoms. The summed E-state index contributed by atoms with van der Waals surface area (Å²) in [6.45, 7) is 0. The molecule has 0 aliphatic carbocycles. The molecule has 0 radical (unpaired) electrons. The van der Waals surface area contributed by atoms with Gasteiger partial charge < -0.3 is 5.32 Å². The molecule has 202 valence electrons. The lowest BCUT2D eigenvalue weighted by molar-refractivity contribution is 0.409. The van der Waals surface area contributed by atoms with Crippen molar-refractivity contribution >= 4 is 5.84 Å². The molecule has 1 aliphatic heterocycles. The van der Waals surface area contributed by atoms with E-state index < -0.39 is 0 Å².